The molecule has 3 N–H and O–H groups in total. The number of sulfonamides is 1. The minimum Gasteiger partial charge on any atom is -0.335 e. The highest BCUT2D eigenvalue weighted by atomic mass is 32.2. The second kappa shape index (κ2) is 10.7. The third-order valence-corrected chi connectivity index (χ3v) is 7.10. The van der Waals surface area contributed by atoms with E-state index in [2.05, 4.69) is 17.6 Å². The summed E-state index contributed by atoms with van der Waals surface area (Å²) < 4.78 is 27.2. The van der Waals surface area contributed by atoms with Gasteiger partial charge in [0.15, 0.2) is 6.54 Å². The maximum absolute atomic E-state index is 12.8. The van der Waals surface area contributed by atoms with Crippen molar-refractivity contribution in [3.05, 3.63) is 29.8 Å². The normalized spacial score (nSPS) is 16.9. The third-order valence-electron chi connectivity index (χ3n) is 5.18. The van der Waals surface area contributed by atoms with Crippen molar-refractivity contribution in [2.45, 2.75) is 51.0 Å². The number of quaternary nitrogens is 1. The summed E-state index contributed by atoms with van der Waals surface area (Å²) in [6.07, 6.45) is 2.73. The van der Waals surface area contributed by atoms with Gasteiger partial charge in [-0.05, 0) is 37.5 Å². The van der Waals surface area contributed by atoms with E-state index in [1.165, 1.54) is 4.31 Å². The maximum Gasteiger partial charge on any atom is 0.321 e. The van der Waals surface area contributed by atoms with E-state index in [0.717, 1.165) is 29.7 Å². The van der Waals surface area contributed by atoms with Gasteiger partial charge in [-0.15, -0.1) is 0 Å². The van der Waals surface area contributed by atoms with Gasteiger partial charge in [-0.25, -0.2) is 13.2 Å². The molecule has 29 heavy (non-hydrogen) atoms. The number of hydrogen-bond acceptors (Lipinski definition) is 4. The largest absolute Gasteiger partial charge is 0.335 e. The minimum absolute atomic E-state index is 0.0000585. The van der Waals surface area contributed by atoms with Gasteiger partial charge in [0.2, 0.25) is 10.0 Å². The molecule has 0 aromatic heterocycles. The Bertz CT molecular complexity index is 787. The smallest absolute Gasteiger partial charge is 0.321 e. The fourth-order valence-electron chi connectivity index (χ4n) is 3.25. The molecule has 0 spiro atoms. The summed E-state index contributed by atoms with van der Waals surface area (Å²) in [4.78, 5) is 25.0. The van der Waals surface area contributed by atoms with E-state index in [1.807, 2.05) is 26.0 Å². The fourth-order valence-corrected chi connectivity index (χ4v) is 4.69. The number of benzene rings is 1. The van der Waals surface area contributed by atoms with Crippen molar-refractivity contribution in [2.75, 3.05) is 32.7 Å². The third kappa shape index (κ3) is 6.80. The quantitative estimate of drug-likeness (QED) is 0.552. The molecule has 0 bridgehead atoms. The van der Waals surface area contributed by atoms with Crippen LogP contribution in [-0.4, -0.2) is 63.4 Å². The molecule has 1 heterocycles. The fraction of sp³-hybridized carbons (Fsp3) is 0.600. The lowest BCUT2D eigenvalue weighted by Gasteiger charge is -2.31. The van der Waals surface area contributed by atoms with Crippen molar-refractivity contribution in [1.82, 2.24) is 14.9 Å². The second-order valence-electron chi connectivity index (χ2n) is 7.56. The number of imide groups is 1. The number of carbonyl (C=O) groups excluding carboxylic acids is 2. The van der Waals surface area contributed by atoms with Crippen LogP contribution in [0.25, 0.3) is 0 Å². The molecular weight excluding hydrogens is 392 g/mol. The minimum atomic E-state index is -3.53. The summed E-state index contributed by atoms with van der Waals surface area (Å²) >= 11 is 0. The van der Waals surface area contributed by atoms with Crippen molar-refractivity contribution < 1.29 is 22.9 Å². The monoisotopic (exact) mass is 425 g/mol. The van der Waals surface area contributed by atoms with Crippen LogP contribution in [0.5, 0.6) is 0 Å². The second-order valence-corrected chi connectivity index (χ2v) is 9.49. The van der Waals surface area contributed by atoms with E-state index in [9.17, 15) is 18.0 Å². The lowest BCUT2D eigenvalue weighted by atomic mass is 10.1. The van der Waals surface area contributed by atoms with Gasteiger partial charge < -0.3 is 10.2 Å². The Morgan fingerprint density at radius 2 is 1.76 bits per heavy atom. The van der Waals surface area contributed by atoms with Gasteiger partial charge in [0.25, 0.3) is 5.91 Å². The van der Waals surface area contributed by atoms with Crippen LogP contribution >= 0.6 is 0 Å². The van der Waals surface area contributed by atoms with Gasteiger partial charge in [-0.3, -0.25) is 10.1 Å². The van der Waals surface area contributed by atoms with Crippen LogP contribution < -0.4 is 15.5 Å². The molecule has 0 aliphatic carbocycles. The average molecular weight is 426 g/mol. The van der Waals surface area contributed by atoms with Crippen LogP contribution in [0, 0.1) is 0 Å². The average Bonchev–Trinajstić information content (AvgIpc) is 2.68. The Morgan fingerprint density at radius 1 is 1.14 bits per heavy atom. The number of urea groups is 1. The molecule has 3 amide bonds. The van der Waals surface area contributed by atoms with Gasteiger partial charge in [0, 0.05) is 6.04 Å². The van der Waals surface area contributed by atoms with Gasteiger partial charge in [0.1, 0.15) is 0 Å². The summed E-state index contributed by atoms with van der Waals surface area (Å²) in [5.74, 6) is -0.358. The van der Waals surface area contributed by atoms with E-state index in [1.54, 1.807) is 12.1 Å². The standard InChI is InChI=1S/C20H32N4O4S/c1-4-6-17-7-9-18(10-8-17)29(27,28)24-13-11-23(12-14-24)15-19(25)22-20(26)21-16(3)5-2/h7-10,16H,4-6,11-15H2,1-3H3,(H2,21,22,25,26)/p+1/t16-/m1/s1. The van der Waals surface area contributed by atoms with Crippen LogP contribution in [0.1, 0.15) is 39.2 Å². The maximum atomic E-state index is 12.8. The van der Waals surface area contributed by atoms with E-state index < -0.39 is 16.1 Å². The molecule has 1 fully saturated rings. The summed E-state index contributed by atoms with van der Waals surface area (Å²) in [6, 6.07) is 6.59. The lowest BCUT2D eigenvalue weighted by molar-refractivity contribution is -0.895. The van der Waals surface area contributed by atoms with E-state index in [-0.39, 0.29) is 18.5 Å². The first kappa shape index (κ1) is 23.3. The first-order valence-corrected chi connectivity index (χ1v) is 11.7. The summed E-state index contributed by atoms with van der Waals surface area (Å²) in [5.41, 5.74) is 1.13. The Balaban J connectivity index is 1.84. The summed E-state index contributed by atoms with van der Waals surface area (Å²) in [5, 5.41) is 5.02. The zero-order valence-electron chi connectivity index (χ0n) is 17.5. The number of carbonyl (C=O) groups is 2. The van der Waals surface area contributed by atoms with Crippen LogP contribution in [0.3, 0.4) is 0 Å². The van der Waals surface area contributed by atoms with Crippen LogP contribution in [0.15, 0.2) is 29.2 Å². The number of aryl methyl sites for hydroxylation is 1. The van der Waals surface area contributed by atoms with Crippen LogP contribution in [0.2, 0.25) is 0 Å². The summed E-state index contributed by atoms with van der Waals surface area (Å²) in [7, 11) is -3.53. The van der Waals surface area contributed by atoms with Gasteiger partial charge in [-0.2, -0.15) is 4.31 Å². The van der Waals surface area contributed by atoms with E-state index in [0.29, 0.717) is 31.1 Å². The lowest BCUT2D eigenvalue weighted by Crippen LogP contribution is -3.15. The number of nitrogens with zero attached hydrogens (tertiary/aromatic N) is 1. The Hall–Kier alpha value is -1.97. The highest BCUT2D eigenvalue weighted by molar-refractivity contribution is 7.89. The molecular formula is C20H33N4O4S+. The molecule has 1 aromatic rings. The number of nitrogens with one attached hydrogen (secondary N) is 3. The number of hydrogen-bond donors (Lipinski definition) is 3. The van der Waals surface area contributed by atoms with Crippen LogP contribution in [-0.2, 0) is 21.2 Å². The molecule has 0 unspecified atom stereocenters. The van der Waals surface area contributed by atoms with Crippen molar-refractivity contribution >= 4 is 22.0 Å². The highest BCUT2D eigenvalue weighted by Crippen LogP contribution is 2.17. The Morgan fingerprint density at radius 3 is 2.31 bits per heavy atom. The topological polar surface area (TPSA) is 100 Å². The molecule has 2 rings (SSSR count). The van der Waals surface area contributed by atoms with Gasteiger partial charge in [0.05, 0.1) is 31.1 Å². The van der Waals surface area contributed by atoms with E-state index in [4.69, 9.17) is 0 Å². The molecule has 0 radical (unpaired) electrons. The molecule has 1 aliphatic rings. The molecule has 162 valence electrons. The van der Waals surface area contributed by atoms with Crippen molar-refractivity contribution in [3.8, 4) is 0 Å². The Labute approximate surface area is 173 Å². The Kier molecular flexibility index (Phi) is 8.60. The zero-order chi connectivity index (χ0) is 21.4. The first-order valence-electron chi connectivity index (χ1n) is 10.3. The highest BCUT2D eigenvalue weighted by Gasteiger charge is 2.31. The van der Waals surface area contributed by atoms with Crippen molar-refractivity contribution in [3.63, 3.8) is 0 Å². The van der Waals surface area contributed by atoms with Crippen molar-refractivity contribution in [2.24, 2.45) is 0 Å². The predicted molar refractivity (Wildman–Crippen MR) is 111 cm³/mol. The predicted octanol–water partition coefficient (Wildman–Crippen LogP) is 0.153. The molecule has 1 saturated heterocycles. The molecule has 1 aliphatic heterocycles. The van der Waals surface area contributed by atoms with Crippen molar-refractivity contribution in [1.29, 1.82) is 0 Å². The number of piperazine rings is 1. The molecule has 9 heteroatoms. The molecule has 8 nitrogen and oxygen atoms in total. The van der Waals surface area contributed by atoms with E-state index >= 15 is 0 Å². The first-order chi connectivity index (χ1) is 13.8. The SMILES string of the molecule is CCCc1ccc(S(=O)(=O)N2CC[NH+](CC(=O)NC(=O)N[C@H](C)CC)CC2)cc1. The zero-order valence-corrected chi connectivity index (χ0v) is 18.3. The summed E-state index contributed by atoms with van der Waals surface area (Å²) in [6.45, 7) is 7.79. The van der Waals surface area contributed by atoms with Crippen LogP contribution in [0.4, 0.5) is 4.79 Å². The van der Waals surface area contributed by atoms with Gasteiger partial charge >= 0.3 is 6.03 Å². The number of amides is 3. The molecule has 1 atom stereocenters. The molecule has 1 aromatic carbocycles. The van der Waals surface area contributed by atoms with Gasteiger partial charge in [-0.1, -0.05) is 32.4 Å². The number of rotatable bonds is 8. The molecule has 0 saturated carbocycles.